The Hall–Kier alpha value is -2.05. The van der Waals surface area contributed by atoms with Gasteiger partial charge in [-0.05, 0) is 37.8 Å². The molecule has 2 N–H and O–H groups in total. The zero-order valence-electron chi connectivity index (χ0n) is 17.0. The van der Waals surface area contributed by atoms with Gasteiger partial charge in [0.25, 0.3) is 0 Å². The normalized spacial score (nSPS) is 21.5. The summed E-state index contributed by atoms with van der Waals surface area (Å²) in [6, 6.07) is 9.16. The smallest absolute Gasteiger partial charge is 0.193 e. The van der Waals surface area contributed by atoms with E-state index in [9.17, 15) is 0 Å². The molecule has 0 amide bonds. The van der Waals surface area contributed by atoms with Gasteiger partial charge in [-0.1, -0.05) is 18.2 Å². The molecule has 152 valence electrons. The molecule has 2 aliphatic heterocycles. The molecule has 4 rings (SSSR count). The predicted octanol–water partition coefficient (Wildman–Crippen LogP) is 2.47. The number of morpholine rings is 1. The lowest BCUT2D eigenvalue weighted by atomic mass is 10.1. The average Bonchev–Trinajstić information content (AvgIpc) is 3.39. The first kappa shape index (κ1) is 19.3. The minimum atomic E-state index is 0.638. The molecule has 0 saturated carbocycles. The van der Waals surface area contributed by atoms with E-state index in [1.165, 1.54) is 22.9 Å². The topological polar surface area (TPSA) is 55.9 Å². The summed E-state index contributed by atoms with van der Waals surface area (Å²) in [5.74, 6) is 1.08. The summed E-state index contributed by atoms with van der Waals surface area (Å²) in [5.41, 5.74) is 2.62. The number of fused-ring (bicyclic) bond motifs is 1. The van der Waals surface area contributed by atoms with E-state index in [-0.39, 0.29) is 0 Å². The third-order valence-electron chi connectivity index (χ3n) is 5.90. The minimum Gasteiger partial charge on any atom is -0.379 e. The van der Waals surface area contributed by atoms with E-state index in [0.717, 1.165) is 71.3 Å². The van der Waals surface area contributed by atoms with Crippen LogP contribution in [0.4, 0.5) is 0 Å². The lowest BCUT2D eigenvalue weighted by molar-refractivity contribution is 0.0195. The van der Waals surface area contributed by atoms with Gasteiger partial charge in [-0.2, -0.15) is 0 Å². The zero-order valence-corrected chi connectivity index (χ0v) is 17.0. The Morgan fingerprint density at radius 2 is 2.11 bits per heavy atom. The van der Waals surface area contributed by atoms with Crippen molar-refractivity contribution in [2.45, 2.75) is 32.2 Å². The van der Waals surface area contributed by atoms with Crippen LogP contribution in [0.2, 0.25) is 0 Å². The van der Waals surface area contributed by atoms with Crippen molar-refractivity contribution in [2.24, 2.45) is 4.99 Å². The molecule has 0 bridgehead atoms. The van der Waals surface area contributed by atoms with Crippen LogP contribution in [0.5, 0.6) is 0 Å². The molecule has 0 aliphatic carbocycles. The average molecular weight is 384 g/mol. The Bertz CT molecular complexity index is 780. The number of likely N-dealkylation sites (tertiary alicyclic amines) is 1. The summed E-state index contributed by atoms with van der Waals surface area (Å²) in [6.07, 6.45) is 5.49. The lowest BCUT2D eigenvalue weighted by Crippen LogP contribution is -2.46. The summed E-state index contributed by atoms with van der Waals surface area (Å²) >= 11 is 0. The number of benzene rings is 1. The second kappa shape index (κ2) is 9.43. The van der Waals surface area contributed by atoms with Crippen LogP contribution in [-0.2, 0) is 11.2 Å². The summed E-state index contributed by atoms with van der Waals surface area (Å²) in [5, 5.41) is 4.84. The zero-order chi connectivity index (χ0) is 19.2. The Balaban J connectivity index is 1.30. The van der Waals surface area contributed by atoms with Crippen molar-refractivity contribution in [1.29, 1.82) is 0 Å². The van der Waals surface area contributed by atoms with Gasteiger partial charge in [-0.25, -0.2) is 0 Å². The maximum Gasteiger partial charge on any atom is 0.193 e. The Morgan fingerprint density at radius 1 is 1.25 bits per heavy atom. The van der Waals surface area contributed by atoms with Crippen LogP contribution < -0.4 is 5.32 Å². The highest BCUT2D eigenvalue weighted by molar-refractivity contribution is 5.83. The van der Waals surface area contributed by atoms with Crippen molar-refractivity contribution >= 4 is 16.9 Å². The van der Waals surface area contributed by atoms with Crippen molar-refractivity contribution in [3.63, 3.8) is 0 Å². The largest absolute Gasteiger partial charge is 0.379 e. The monoisotopic (exact) mass is 383 g/mol. The molecule has 0 radical (unpaired) electrons. The van der Waals surface area contributed by atoms with Crippen molar-refractivity contribution in [3.05, 3.63) is 36.0 Å². The SMILES string of the molecule is CCNC(=NCCCc1c[nH]c2ccccc12)N1CCC(N2CCOCC2)C1. The van der Waals surface area contributed by atoms with Crippen LogP contribution in [0.1, 0.15) is 25.3 Å². The second-order valence-corrected chi connectivity index (χ2v) is 7.74. The first-order valence-electron chi connectivity index (χ1n) is 10.7. The molecule has 1 aromatic heterocycles. The van der Waals surface area contributed by atoms with Crippen LogP contribution in [0, 0.1) is 0 Å². The number of rotatable bonds is 6. The quantitative estimate of drug-likeness (QED) is 0.457. The Kier molecular flexibility index (Phi) is 6.49. The second-order valence-electron chi connectivity index (χ2n) is 7.74. The fraction of sp³-hybridized carbons (Fsp3) is 0.591. The van der Waals surface area contributed by atoms with E-state index < -0.39 is 0 Å². The van der Waals surface area contributed by atoms with Crippen molar-refractivity contribution in [3.8, 4) is 0 Å². The number of aliphatic imine (C=N–C) groups is 1. The Morgan fingerprint density at radius 3 is 2.96 bits per heavy atom. The Labute approximate surface area is 167 Å². The fourth-order valence-electron chi connectivity index (χ4n) is 4.39. The van der Waals surface area contributed by atoms with Gasteiger partial charge >= 0.3 is 0 Å². The molecule has 2 aromatic rings. The summed E-state index contributed by atoms with van der Waals surface area (Å²) in [4.78, 5) is 13.3. The first-order chi connectivity index (χ1) is 13.8. The minimum absolute atomic E-state index is 0.638. The van der Waals surface area contributed by atoms with E-state index in [4.69, 9.17) is 9.73 Å². The number of guanidine groups is 1. The van der Waals surface area contributed by atoms with Crippen molar-refractivity contribution in [1.82, 2.24) is 20.1 Å². The van der Waals surface area contributed by atoms with Gasteiger partial charge < -0.3 is 19.9 Å². The number of H-pyrrole nitrogens is 1. The number of ether oxygens (including phenoxy) is 1. The predicted molar refractivity (Wildman–Crippen MR) is 115 cm³/mol. The van der Waals surface area contributed by atoms with Gasteiger partial charge in [0.05, 0.1) is 13.2 Å². The van der Waals surface area contributed by atoms with E-state index in [1.807, 2.05) is 0 Å². The van der Waals surface area contributed by atoms with Crippen molar-refractivity contribution in [2.75, 3.05) is 52.5 Å². The molecule has 1 atom stereocenters. The highest BCUT2D eigenvalue weighted by atomic mass is 16.5. The van der Waals surface area contributed by atoms with E-state index in [0.29, 0.717) is 6.04 Å². The van der Waals surface area contributed by atoms with Crippen LogP contribution in [0.25, 0.3) is 10.9 Å². The standard InChI is InChI=1S/C22H33N5O/c1-2-23-22(27-11-9-19(17-27)26-12-14-28-15-13-26)24-10-5-6-18-16-25-21-8-4-3-7-20(18)21/h3-4,7-8,16,19,25H,2,5-6,9-15,17H2,1H3,(H,23,24). The first-order valence-corrected chi connectivity index (χ1v) is 10.7. The maximum atomic E-state index is 5.50. The van der Waals surface area contributed by atoms with Crippen LogP contribution >= 0.6 is 0 Å². The number of aryl methyl sites for hydroxylation is 1. The number of hydrogen-bond acceptors (Lipinski definition) is 3. The molecule has 2 saturated heterocycles. The fourth-order valence-corrected chi connectivity index (χ4v) is 4.39. The summed E-state index contributed by atoms with van der Waals surface area (Å²) in [7, 11) is 0. The van der Waals surface area contributed by atoms with E-state index in [1.54, 1.807) is 0 Å². The van der Waals surface area contributed by atoms with Gasteiger partial charge in [0.2, 0.25) is 0 Å². The summed E-state index contributed by atoms with van der Waals surface area (Å²) < 4.78 is 5.50. The molecule has 6 nitrogen and oxygen atoms in total. The molecule has 6 heteroatoms. The molecule has 2 fully saturated rings. The van der Waals surface area contributed by atoms with E-state index in [2.05, 4.69) is 57.5 Å². The molecular weight excluding hydrogens is 350 g/mol. The van der Waals surface area contributed by atoms with Gasteiger partial charge in [-0.3, -0.25) is 9.89 Å². The third-order valence-corrected chi connectivity index (χ3v) is 5.90. The van der Waals surface area contributed by atoms with Crippen LogP contribution in [0.3, 0.4) is 0 Å². The molecule has 28 heavy (non-hydrogen) atoms. The van der Waals surface area contributed by atoms with Crippen molar-refractivity contribution < 1.29 is 4.74 Å². The van der Waals surface area contributed by atoms with Gasteiger partial charge in [-0.15, -0.1) is 0 Å². The molecule has 0 spiro atoms. The summed E-state index contributed by atoms with van der Waals surface area (Å²) in [6.45, 7) is 9.98. The number of aromatic nitrogens is 1. The van der Waals surface area contributed by atoms with Crippen LogP contribution in [-0.4, -0.2) is 79.3 Å². The van der Waals surface area contributed by atoms with Gasteiger partial charge in [0, 0.05) is 62.4 Å². The maximum absolute atomic E-state index is 5.50. The molecule has 1 aromatic carbocycles. The number of nitrogens with one attached hydrogen (secondary N) is 2. The molecule has 1 unspecified atom stereocenters. The number of para-hydroxylation sites is 1. The molecular formula is C22H33N5O. The van der Waals surface area contributed by atoms with E-state index >= 15 is 0 Å². The number of aromatic amines is 1. The van der Waals surface area contributed by atoms with Crippen LogP contribution in [0.15, 0.2) is 35.5 Å². The van der Waals surface area contributed by atoms with Gasteiger partial charge in [0.15, 0.2) is 5.96 Å². The highest BCUT2D eigenvalue weighted by Crippen LogP contribution is 2.19. The highest BCUT2D eigenvalue weighted by Gasteiger charge is 2.30. The van der Waals surface area contributed by atoms with Gasteiger partial charge in [0.1, 0.15) is 0 Å². The third kappa shape index (κ3) is 4.50. The lowest BCUT2D eigenvalue weighted by Gasteiger charge is -2.32. The number of hydrogen-bond donors (Lipinski definition) is 2. The number of nitrogens with zero attached hydrogens (tertiary/aromatic N) is 3. The molecule has 2 aliphatic rings. The molecule has 3 heterocycles.